The lowest BCUT2D eigenvalue weighted by atomic mass is 9.96. The zero-order valence-corrected chi connectivity index (χ0v) is 11.4. The highest BCUT2D eigenvalue weighted by Crippen LogP contribution is 2.26. The first-order valence-corrected chi connectivity index (χ1v) is 6.40. The molecule has 2 rings (SSSR count). The highest BCUT2D eigenvalue weighted by atomic mass is 16.4. The van der Waals surface area contributed by atoms with E-state index in [1.54, 1.807) is 11.7 Å². The number of aromatic carboxylic acids is 1. The minimum atomic E-state index is -0.950. The third-order valence-electron chi connectivity index (χ3n) is 3.53. The normalized spacial score (nSPS) is 12.4. The van der Waals surface area contributed by atoms with Crippen molar-refractivity contribution >= 4 is 5.97 Å². The molecule has 0 aliphatic rings. The smallest absolute Gasteiger partial charge is 0.339 e. The summed E-state index contributed by atoms with van der Waals surface area (Å²) in [7, 11) is 1.75. The first kappa shape index (κ1) is 13.3. The number of carboxylic acid groups (broad SMARTS) is 1. The minimum Gasteiger partial charge on any atom is -0.478 e. The maximum Gasteiger partial charge on any atom is 0.339 e. The van der Waals surface area contributed by atoms with Crippen molar-refractivity contribution in [1.82, 2.24) is 9.78 Å². The van der Waals surface area contributed by atoms with Crippen LogP contribution in [0.3, 0.4) is 0 Å². The topological polar surface area (TPSA) is 55.1 Å². The Hall–Kier alpha value is -2.10. The Morgan fingerprint density at radius 1 is 1.37 bits per heavy atom. The first-order chi connectivity index (χ1) is 9.04. The maximum atomic E-state index is 11.2. The van der Waals surface area contributed by atoms with Gasteiger partial charge in [-0.3, -0.25) is 4.68 Å². The van der Waals surface area contributed by atoms with Crippen molar-refractivity contribution in [3.8, 4) is 11.3 Å². The van der Waals surface area contributed by atoms with Gasteiger partial charge in [-0.15, -0.1) is 0 Å². The molecule has 1 heterocycles. The van der Waals surface area contributed by atoms with Gasteiger partial charge in [0.1, 0.15) is 5.56 Å². The summed E-state index contributed by atoms with van der Waals surface area (Å²) >= 11 is 0. The second kappa shape index (κ2) is 5.26. The van der Waals surface area contributed by atoms with Gasteiger partial charge in [0.05, 0.1) is 11.9 Å². The number of aryl methyl sites for hydroxylation is 1. The van der Waals surface area contributed by atoms with Crippen LogP contribution in [0.4, 0.5) is 0 Å². The van der Waals surface area contributed by atoms with Crippen LogP contribution in [0.25, 0.3) is 11.3 Å². The predicted octanol–water partition coefficient (Wildman–Crippen LogP) is 3.30. The summed E-state index contributed by atoms with van der Waals surface area (Å²) in [5, 5.41) is 13.2. The Labute approximate surface area is 112 Å². The fourth-order valence-corrected chi connectivity index (χ4v) is 2.14. The molecule has 2 aromatic rings. The zero-order chi connectivity index (χ0) is 14.0. The molecule has 0 spiro atoms. The van der Waals surface area contributed by atoms with Crippen LogP contribution < -0.4 is 0 Å². The number of benzene rings is 1. The molecule has 1 aromatic carbocycles. The molecule has 4 heteroatoms. The highest BCUT2D eigenvalue weighted by molar-refractivity contribution is 5.94. The molecule has 1 N–H and O–H groups in total. The predicted molar refractivity (Wildman–Crippen MR) is 74.3 cm³/mol. The van der Waals surface area contributed by atoms with E-state index in [1.165, 1.54) is 11.8 Å². The second-order valence-electron chi connectivity index (χ2n) is 4.77. The van der Waals surface area contributed by atoms with E-state index >= 15 is 0 Å². The van der Waals surface area contributed by atoms with Gasteiger partial charge in [0.25, 0.3) is 0 Å². The third-order valence-corrected chi connectivity index (χ3v) is 3.53. The van der Waals surface area contributed by atoms with E-state index in [1.807, 2.05) is 12.1 Å². The Balaban J connectivity index is 2.43. The van der Waals surface area contributed by atoms with E-state index in [0.29, 0.717) is 11.6 Å². The van der Waals surface area contributed by atoms with Gasteiger partial charge >= 0.3 is 5.97 Å². The molecule has 0 radical (unpaired) electrons. The Morgan fingerprint density at radius 3 is 2.53 bits per heavy atom. The summed E-state index contributed by atoms with van der Waals surface area (Å²) in [5.74, 6) is -0.436. The van der Waals surface area contributed by atoms with Crippen molar-refractivity contribution < 1.29 is 9.90 Å². The second-order valence-corrected chi connectivity index (χ2v) is 4.77. The van der Waals surface area contributed by atoms with Gasteiger partial charge in [0.2, 0.25) is 0 Å². The number of carboxylic acids is 1. The van der Waals surface area contributed by atoms with Crippen molar-refractivity contribution in [3.05, 3.63) is 41.6 Å². The van der Waals surface area contributed by atoms with E-state index < -0.39 is 5.97 Å². The maximum absolute atomic E-state index is 11.2. The van der Waals surface area contributed by atoms with Gasteiger partial charge in [-0.25, -0.2) is 4.79 Å². The minimum absolute atomic E-state index is 0.235. The molecule has 0 aliphatic heterocycles. The Morgan fingerprint density at radius 2 is 2.00 bits per heavy atom. The van der Waals surface area contributed by atoms with Crippen LogP contribution in [0, 0.1) is 0 Å². The molecule has 0 aliphatic carbocycles. The molecule has 0 saturated carbocycles. The SMILES string of the molecule is CCC(C)c1ccc(-c2c(C(=O)O)cnn2C)cc1. The van der Waals surface area contributed by atoms with Crippen LogP contribution in [0.15, 0.2) is 30.5 Å². The molecule has 1 atom stereocenters. The lowest BCUT2D eigenvalue weighted by Crippen LogP contribution is -2.01. The fraction of sp³-hybridized carbons (Fsp3) is 0.333. The van der Waals surface area contributed by atoms with Gasteiger partial charge in [0, 0.05) is 12.6 Å². The van der Waals surface area contributed by atoms with Crippen LogP contribution in [0.2, 0.25) is 0 Å². The van der Waals surface area contributed by atoms with Crippen molar-refractivity contribution in [2.45, 2.75) is 26.2 Å². The molecule has 0 amide bonds. The van der Waals surface area contributed by atoms with Crippen LogP contribution >= 0.6 is 0 Å². The summed E-state index contributed by atoms with van der Waals surface area (Å²) < 4.78 is 1.60. The van der Waals surface area contributed by atoms with Gasteiger partial charge in [0.15, 0.2) is 0 Å². The van der Waals surface area contributed by atoms with Crippen LogP contribution in [0.5, 0.6) is 0 Å². The monoisotopic (exact) mass is 258 g/mol. The van der Waals surface area contributed by atoms with Crippen LogP contribution in [-0.2, 0) is 7.05 Å². The summed E-state index contributed by atoms with van der Waals surface area (Å²) in [4.78, 5) is 11.2. The van der Waals surface area contributed by atoms with E-state index in [2.05, 4.69) is 31.1 Å². The van der Waals surface area contributed by atoms with Gasteiger partial charge in [-0.2, -0.15) is 5.10 Å². The molecule has 1 aromatic heterocycles. The molecule has 100 valence electrons. The number of rotatable bonds is 4. The van der Waals surface area contributed by atoms with Crippen molar-refractivity contribution in [3.63, 3.8) is 0 Å². The van der Waals surface area contributed by atoms with Gasteiger partial charge in [-0.1, -0.05) is 38.1 Å². The Kier molecular flexibility index (Phi) is 3.69. The molecule has 0 fully saturated rings. The standard InChI is InChI=1S/C15H18N2O2/c1-4-10(2)11-5-7-12(8-6-11)14-13(15(18)19)9-16-17(14)3/h5-10H,4H2,1-3H3,(H,18,19). The zero-order valence-electron chi connectivity index (χ0n) is 11.4. The fourth-order valence-electron chi connectivity index (χ4n) is 2.14. The first-order valence-electron chi connectivity index (χ1n) is 6.40. The molecule has 1 unspecified atom stereocenters. The van der Waals surface area contributed by atoms with Crippen molar-refractivity contribution in [2.75, 3.05) is 0 Å². The summed E-state index contributed by atoms with van der Waals surface area (Å²) in [6.07, 6.45) is 2.48. The molecule has 19 heavy (non-hydrogen) atoms. The van der Waals surface area contributed by atoms with Gasteiger partial charge < -0.3 is 5.11 Å². The molecular formula is C15H18N2O2. The number of carbonyl (C=O) groups is 1. The lowest BCUT2D eigenvalue weighted by Gasteiger charge is -2.10. The van der Waals surface area contributed by atoms with Crippen LogP contribution in [0.1, 0.15) is 42.1 Å². The molecule has 0 saturated heterocycles. The highest BCUT2D eigenvalue weighted by Gasteiger charge is 2.16. The van der Waals surface area contributed by atoms with E-state index in [-0.39, 0.29) is 5.56 Å². The summed E-state index contributed by atoms with van der Waals surface area (Å²) in [6.45, 7) is 4.34. The summed E-state index contributed by atoms with van der Waals surface area (Å²) in [5.41, 5.74) is 3.02. The lowest BCUT2D eigenvalue weighted by molar-refractivity contribution is 0.0697. The number of nitrogens with zero attached hydrogens (tertiary/aromatic N) is 2. The number of hydrogen-bond donors (Lipinski definition) is 1. The van der Waals surface area contributed by atoms with E-state index in [4.69, 9.17) is 5.11 Å². The Bertz CT molecular complexity index is 585. The third kappa shape index (κ3) is 2.52. The van der Waals surface area contributed by atoms with Crippen LogP contribution in [-0.4, -0.2) is 20.9 Å². The van der Waals surface area contributed by atoms with Gasteiger partial charge in [-0.05, 0) is 17.9 Å². The van der Waals surface area contributed by atoms with E-state index in [9.17, 15) is 4.79 Å². The van der Waals surface area contributed by atoms with Crippen molar-refractivity contribution in [2.24, 2.45) is 7.05 Å². The van der Waals surface area contributed by atoms with E-state index in [0.717, 1.165) is 12.0 Å². The quantitative estimate of drug-likeness (QED) is 0.915. The molecule has 0 bridgehead atoms. The van der Waals surface area contributed by atoms with Crippen molar-refractivity contribution in [1.29, 1.82) is 0 Å². The summed E-state index contributed by atoms with van der Waals surface area (Å²) in [6, 6.07) is 8.04. The largest absolute Gasteiger partial charge is 0.478 e. The number of aromatic nitrogens is 2. The average Bonchev–Trinajstić information content (AvgIpc) is 2.80. The average molecular weight is 258 g/mol. The molecular weight excluding hydrogens is 240 g/mol. The number of hydrogen-bond acceptors (Lipinski definition) is 2. The molecule has 4 nitrogen and oxygen atoms in total.